The van der Waals surface area contributed by atoms with Crippen LogP contribution in [-0.2, 0) is 44.8 Å². The summed E-state index contributed by atoms with van der Waals surface area (Å²) in [5.41, 5.74) is 22.8. The van der Waals surface area contributed by atoms with Crippen molar-refractivity contribution in [1.29, 1.82) is 0 Å². The summed E-state index contributed by atoms with van der Waals surface area (Å²) in [6, 6.07) is 1.31. The van der Waals surface area contributed by atoms with Gasteiger partial charge in [0.1, 0.15) is 36.3 Å². The molecule has 58 heavy (non-hydrogen) atoms. The van der Waals surface area contributed by atoms with Gasteiger partial charge in [0.25, 0.3) is 0 Å². The van der Waals surface area contributed by atoms with Crippen LogP contribution in [0.5, 0.6) is 0 Å². The minimum Gasteiger partial charge on any atom is -0.481 e. The molecule has 0 unspecified atom stereocenters. The summed E-state index contributed by atoms with van der Waals surface area (Å²) in [5.74, 6) is -6.68. The molecule has 20 nitrogen and oxygen atoms in total. The van der Waals surface area contributed by atoms with E-state index in [4.69, 9.17) is 22.9 Å². The SMILES string of the molecule is CC(=O)N1CCC[C@H]1C(=O)N[C@@H](CC(=O)O)C(=O)N[C@@H](CCCN=C(N)N)C(=O)N[C@@H](Cc1ccccc1)C(=O)N[C@@H](CCCCN)C(=O)N[C@@H](CC(C)C)C(N)=O. The van der Waals surface area contributed by atoms with Gasteiger partial charge in [-0.25, -0.2) is 0 Å². The van der Waals surface area contributed by atoms with E-state index < -0.39 is 84.1 Å². The van der Waals surface area contributed by atoms with Gasteiger partial charge in [-0.05, 0) is 69.4 Å². The Morgan fingerprint density at radius 1 is 0.776 bits per heavy atom. The first-order valence-electron chi connectivity index (χ1n) is 19.5. The molecule has 1 heterocycles. The molecule has 0 saturated carbocycles. The minimum atomic E-state index is -1.64. The predicted octanol–water partition coefficient (Wildman–Crippen LogP) is -2.15. The van der Waals surface area contributed by atoms with Crippen molar-refractivity contribution in [3.63, 3.8) is 0 Å². The normalized spacial score (nSPS) is 16.2. The first-order valence-corrected chi connectivity index (χ1v) is 19.5. The summed E-state index contributed by atoms with van der Waals surface area (Å²) in [4.78, 5) is 110. The van der Waals surface area contributed by atoms with E-state index in [-0.39, 0.29) is 56.4 Å². The molecule has 322 valence electrons. The number of carboxylic acids is 1. The molecule has 0 aliphatic carbocycles. The highest BCUT2D eigenvalue weighted by Crippen LogP contribution is 2.18. The Bertz CT molecular complexity index is 1600. The van der Waals surface area contributed by atoms with Gasteiger partial charge in [0, 0.05) is 26.4 Å². The molecule has 1 aliphatic rings. The number of guanidine groups is 1. The number of nitrogens with zero attached hydrogens (tertiary/aromatic N) is 2. The molecule has 1 aromatic carbocycles. The van der Waals surface area contributed by atoms with E-state index in [1.807, 2.05) is 13.8 Å². The molecular weight excluding hydrogens is 754 g/mol. The van der Waals surface area contributed by atoms with Gasteiger partial charge in [-0.1, -0.05) is 44.2 Å². The van der Waals surface area contributed by atoms with E-state index >= 15 is 0 Å². The summed E-state index contributed by atoms with van der Waals surface area (Å²) in [5, 5.41) is 22.6. The third-order valence-corrected chi connectivity index (χ3v) is 9.41. The number of primary amides is 1. The molecule has 20 heteroatoms. The van der Waals surface area contributed by atoms with Crippen molar-refractivity contribution in [3.8, 4) is 0 Å². The molecule has 1 saturated heterocycles. The van der Waals surface area contributed by atoms with Crippen LogP contribution in [0.2, 0.25) is 0 Å². The average Bonchev–Trinajstić information content (AvgIpc) is 3.65. The molecule has 1 aliphatic heterocycles. The summed E-state index contributed by atoms with van der Waals surface area (Å²) in [6.45, 7) is 5.72. The number of nitrogens with one attached hydrogen (secondary N) is 5. The van der Waals surface area contributed by atoms with E-state index in [1.165, 1.54) is 11.8 Å². The van der Waals surface area contributed by atoms with Crippen LogP contribution in [0.4, 0.5) is 0 Å². The molecule has 6 atom stereocenters. The molecule has 0 radical (unpaired) electrons. The van der Waals surface area contributed by atoms with Crippen LogP contribution in [-0.4, -0.2) is 119 Å². The van der Waals surface area contributed by atoms with Gasteiger partial charge in [0.05, 0.1) is 6.42 Å². The Kier molecular flexibility index (Phi) is 20.6. The van der Waals surface area contributed by atoms with Gasteiger partial charge in [-0.2, -0.15) is 0 Å². The molecule has 14 N–H and O–H groups in total. The fourth-order valence-corrected chi connectivity index (χ4v) is 6.47. The number of amides is 7. The number of aliphatic carboxylic acids is 1. The van der Waals surface area contributed by atoms with Crippen LogP contribution in [0.25, 0.3) is 0 Å². The van der Waals surface area contributed by atoms with Crippen molar-refractivity contribution in [2.24, 2.45) is 33.8 Å². The molecule has 0 spiro atoms. The highest BCUT2D eigenvalue weighted by atomic mass is 16.4. The second-order valence-electron chi connectivity index (χ2n) is 14.7. The van der Waals surface area contributed by atoms with Crippen LogP contribution in [0.1, 0.15) is 84.1 Å². The number of unbranched alkanes of at least 4 members (excludes halogenated alkanes) is 1. The fraction of sp³-hybridized carbons (Fsp3) is 0.605. The van der Waals surface area contributed by atoms with Gasteiger partial charge < -0.3 is 59.5 Å². The zero-order valence-corrected chi connectivity index (χ0v) is 33.5. The average molecular weight is 816 g/mol. The number of carbonyl (C=O) groups is 8. The van der Waals surface area contributed by atoms with E-state index in [0.29, 0.717) is 44.3 Å². The lowest BCUT2D eigenvalue weighted by Crippen LogP contribution is -2.60. The lowest BCUT2D eigenvalue weighted by molar-refractivity contribution is -0.142. The van der Waals surface area contributed by atoms with Crippen molar-refractivity contribution in [3.05, 3.63) is 35.9 Å². The first kappa shape index (κ1) is 48.4. The van der Waals surface area contributed by atoms with Crippen LogP contribution in [0.15, 0.2) is 35.3 Å². The molecule has 0 aromatic heterocycles. The van der Waals surface area contributed by atoms with Crippen LogP contribution >= 0.6 is 0 Å². The Hall–Kier alpha value is -5.79. The Morgan fingerprint density at radius 3 is 1.86 bits per heavy atom. The summed E-state index contributed by atoms with van der Waals surface area (Å²) >= 11 is 0. The quantitative estimate of drug-likeness (QED) is 0.0287. The van der Waals surface area contributed by atoms with Crippen molar-refractivity contribution < 1.29 is 43.5 Å². The number of carboxylic acid groups (broad SMARTS) is 1. The predicted molar refractivity (Wildman–Crippen MR) is 214 cm³/mol. The second-order valence-corrected chi connectivity index (χ2v) is 14.7. The van der Waals surface area contributed by atoms with Gasteiger partial charge in [0.15, 0.2) is 5.96 Å². The van der Waals surface area contributed by atoms with E-state index in [9.17, 15) is 43.5 Å². The van der Waals surface area contributed by atoms with E-state index in [0.717, 1.165) is 0 Å². The Morgan fingerprint density at radius 2 is 1.33 bits per heavy atom. The number of likely N-dealkylation sites (tertiary alicyclic amines) is 1. The lowest BCUT2D eigenvalue weighted by Gasteiger charge is -2.28. The summed E-state index contributed by atoms with van der Waals surface area (Å²) in [6.07, 6.45) is 1.43. The number of hydrogen-bond acceptors (Lipinski definition) is 10. The monoisotopic (exact) mass is 815 g/mol. The highest BCUT2D eigenvalue weighted by molar-refractivity contribution is 5.98. The van der Waals surface area contributed by atoms with E-state index in [2.05, 4.69) is 31.6 Å². The molecule has 1 aromatic rings. The minimum absolute atomic E-state index is 0.0153. The van der Waals surface area contributed by atoms with Crippen molar-refractivity contribution >= 4 is 53.3 Å². The third kappa shape index (κ3) is 17.1. The molecule has 7 amide bonds. The maximum atomic E-state index is 14.1. The zero-order chi connectivity index (χ0) is 43.4. The Balaban J connectivity index is 2.42. The maximum absolute atomic E-state index is 14.1. The molecule has 2 rings (SSSR count). The number of carbonyl (C=O) groups excluding carboxylic acids is 7. The maximum Gasteiger partial charge on any atom is 0.305 e. The molecule has 0 bridgehead atoms. The van der Waals surface area contributed by atoms with E-state index in [1.54, 1.807) is 30.3 Å². The molecular formula is C38H61N11O9. The summed E-state index contributed by atoms with van der Waals surface area (Å²) < 4.78 is 0. The number of rotatable bonds is 25. The number of nitrogens with two attached hydrogens (primary N) is 4. The topological polar surface area (TPSA) is 337 Å². The molecule has 1 fully saturated rings. The number of benzene rings is 1. The fourth-order valence-electron chi connectivity index (χ4n) is 6.47. The summed E-state index contributed by atoms with van der Waals surface area (Å²) in [7, 11) is 0. The third-order valence-electron chi connectivity index (χ3n) is 9.41. The lowest BCUT2D eigenvalue weighted by atomic mass is 10.0. The van der Waals surface area contributed by atoms with Gasteiger partial charge in [0.2, 0.25) is 41.4 Å². The Labute approximate surface area is 338 Å². The highest BCUT2D eigenvalue weighted by Gasteiger charge is 2.37. The van der Waals surface area contributed by atoms with Crippen molar-refractivity contribution in [2.45, 2.75) is 121 Å². The zero-order valence-electron chi connectivity index (χ0n) is 33.5. The van der Waals surface area contributed by atoms with Gasteiger partial charge in [-0.3, -0.25) is 43.3 Å². The van der Waals surface area contributed by atoms with Crippen molar-refractivity contribution in [1.82, 2.24) is 31.5 Å². The number of aliphatic imine (C=N–C) groups is 1. The van der Waals surface area contributed by atoms with Gasteiger partial charge in [-0.15, -0.1) is 0 Å². The van der Waals surface area contributed by atoms with Crippen LogP contribution < -0.4 is 49.5 Å². The number of hydrogen-bond donors (Lipinski definition) is 10. The van der Waals surface area contributed by atoms with Crippen LogP contribution in [0.3, 0.4) is 0 Å². The largest absolute Gasteiger partial charge is 0.481 e. The standard InChI is InChI=1S/C38H61N11O9/c1-22(2)19-27(32(40)53)46-33(54)25(13-7-8-16-39)44-35(56)28(20-24-11-5-4-6-12-24)47-34(55)26(14-9-17-43-38(41)42)45-36(57)29(21-31(51)52)48-37(58)30-15-10-18-49(30)23(3)50/h4-6,11-12,22,25-30H,7-10,13-21,39H2,1-3H3,(H2,40,53)(H,44,56)(H,45,57)(H,46,54)(H,47,55)(H,48,58)(H,51,52)(H4,41,42,43)/t25-,26-,27-,28-,29-,30-/m0/s1. The van der Waals surface area contributed by atoms with Crippen molar-refractivity contribution in [2.75, 3.05) is 19.6 Å². The van der Waals surface area contributed by atoms with Crippen LogP contribution in [0, 0.1) is 5.92 Å². The first-order chi connectivity index (χ1) is 27.4. The second kappa shape index (κ2) is 24.8. The smallest absolute Gasteiger partial charge is 0.305 e. The van der Waals surface area contributed by atoms with Gasteiger partial charge >= 0.3 is 5.97 Å².